The second-order valence-electron chi connectivity index (χ2n) is 1.98. The molecule has 11 heavy (non-hydrogen) atoms. The van der Waals surface area contributed by atoms with Crippen molar-refractivity contribution in [2.24, 2.45) is 5.92 Å². The molecule has 2 heteroatoms. The highest BCUT2D eigenvalue weighted by Crippen LogP contribution is 2.05. The van der Waals surface area contributed by atoms with E-state index < -0.39 is 0 Å². The third-order valence-corrected chi connectivity index (χ3v) is 1.32. The van der Waals surface area contributed by atoms with Crippen molar-refractivity contribution in [2.75, 3.05) is 6.54 Å². The minimum atomic E-state index is 0.208. The zero-order valence-electron chi connectivity index (χ0n) is 8.40. The van der Waals surface area contributed by atoms with Crippen LogP contribution in [0.15, 0.2) is 0 Å². The van der Waals surface area contributed by atoms with Crippen LogP contribution in [-0.2, 0) is 4.79 Å². The van der Waals surface area contributed by atoms with Crippen LogP contribution in [0.1, 0.15) is 41.0 Å². The Kier molecular flexibility index (Phi) is 11.3. The van der Waals surface area contributed by atoms with Crippen LogP contribution in [0.25, 0.3) is 0 Å². The van der Waals surface area contributed by atoms with Gasteiger partial charge in [0.25, 0.3) is 0 Å². The quantitative estimate of drug-likeness (QED) is 0.577. The largest absolute Gasteiger partial charge is 0.356 e. The van der Waals surface area contributed by atoms with E-state index in [0.29, 0.717) is 0 Å². The molecule has 1 aliphatic rings. The number of rotatable bonds is 0. The molecule has 0 aromatic carbocycles. The maximum absolute atomic E-state index is 10.5. The Morgan fingerprint density at radius 1 is 1.27 bits per heavy atom. The van der Waals surface area contributed by atoms with E-state index in [2.05, 4.69) is 5.32 Å². The van der Waals surface area contributed by atoms with Crippen LogP contribution in [0.4, 0.5) is 0 Å². The van der Waals surface area contributed by atoms with E-state index in [1.807, 2.05) is 34.6 Å². The van der Waals surface area contributed by atoms with Gasteiger partial charge in [0.2, 0.25) is 5.91 Å². The lowest BCUT2D eigenvalue weighted by Crippen LogP contribution is -2.16. The number of carbonyl (C=O) groups is 1. The number of hydrogen-bond acceptors (Lipinski definition) is 1. The summed E-state index contributed by atoms with van der Waals surface area (Å²) in [4.78, 5) is 10.5. The Labute approximate surface area is 70.4 Å². The molecule has 1 atom stereocenters. The fourth-order valence-electron chi connectivity index (χ4n) is 0.717. The van der Waals surface area contributed by atoms with Gasteiger partial charge in [-0.05, 0) is 6.42 Å². The zero-order valence-corrected chi connectivity index (χ0v) is 8.40. The summed E-state index contributed by atoms with van der Waals surface area (Å²) in [6, 6.07) is 0. The van der Waals surface area contributed by atoms with Crippen molar-refractivity contribution in [2.45, 2.75) is 41.0 Å². The molecule has 1 fully saturated rings. The van der Waals surface area contributed by atoms with Gasteiger partial charge in [-0.2, -0.15) is 0 Å². The van der Waals surface area contributed by atoms with Crippen LogP contribution in [0.2, 0.25) is 0 Å². The lowest BCUT2D eigenvalue weighted by molar-refractivity contribution is -0.121. The monoisotopic (exact) mass is 159 g/mol. The first kappa shape index (κ1) is 13.1. The first-order valence-electron chi connectivity index (χ1n) is 4.58. The summed E-state index contributed by atoms with van der Waals surface area (Å²) < 4.78 is 0. The summed E-state index contributed by atoms with van der Waals surface area (Å²) in [5, 5.41) is 2.73. The van der Waals surface area contributed by atoms with E-state index in [1.165, 1.54) is 0 Å². The number of nitrogens with one attached hydrogen (secondary N) is 1. The summed E-state index contributed by atoms with van der Waals surface area (Å²) in [6.07, 6.45) is 1.01. The molecule has 0 aromatic rings. The van der Waals surface area contributed by atoms with Crippen molar-refractivity contribution >= 4 is 5.91 Å². The van der Waals surface area contributed by atoms with Crippen molar-refractivity contribution in [1.82, 2.24) is 5.32 Å². The summed E-state index contributed by atoms with van der Waals surface area (Å²) in [5.41, 5.74) is 0. The first-order valence-corrected chi connectivity index (χ1v) is 4.58. The summed E-state index contributed by atoms with van der Waals surface area (Å²) >= 11 is 0. The zero-order chi connectivity index (χ0) is 9.28. The van der Waals surface area contributed by atoms with Crippen molar-refractivity contribution < 1.29 is 4.79 Å². The molecular weight excluding hydrogens is 138 g/mol. The minimum Gasteiger partial charge on any atom is -0.356 e. The predicted molar refractivity (Wildman–Crippen MR) is 49.5 cm³/mol. The summed E-state index contributed by atoms with van der Waals surface area (Å²) in [5.74, 6) is 0.472. The van der Waals surface area contributed by atoms with Gasteiger partial charge in [0, 0.05) is 12.5 Å². The Bertz CT molecular complexity index is 91.6. The van der Waals surface area contributed by atoms with E-state index >= 15 is 0 Å². The van der Waals surface area contributed by atoms with Crippen LogP contribution in [0, 0.1) is 5.92 Å². The lowest BCUT2D eigenvalue weighted by atomic mass is 10.1. The van der Waals surface area contributed by atoms with Crippen LogP contribution in [-0.4, -0.2) is 12.5 Å². The molecule has 1 heterocycles. The lowest BCUT2D eigenvalue weighted by Gasteiger charge is -1.90. The second-order valence-corrected chi connectivity index (χ2v) is 1.98. The fourth-order valence-corrected chi connectivity index (χ4v) is 0.717. The standard InChI is InChI=1S/C5H9NO.2C2H6/c1-4-2-3-6-5(4)7;2*1-2/h4H,2-3H2,1H3,(H,6,7);2*1-2H3/t4-;;/m0../s1. The van der Waals surface area contributed by atoms with E-state index in [-0.39, 0.29) is 11.8 Å². The van der Waals surface area contributed by atoms with Gasteiger partial charge in [-0.1, -0.05) is 34.6 Å². The van der Waals surface area contributed by atoms with Crippen molar-refractivity contribution in [1.29, 1.82) is 0 Å². The van der Waals surface area contributed by atoms with Gasteiger partial charge in [0.15, 0.2) is 0 Å². The van der Waals surface area contributed by atoms with E-state index in [4.69, 9.17) is 0 Å². The highest BCUT2D eigenvalue weighted by molar-refractivity contribution is 5.80. The van der Waals surface area contributed by atoms with Crippen molar-refractivity contribution in [3.8, 4) is 0 Å². The van der Waals surface area contributed by atoms with Crippen LogP contribution < -0.4 is 5.32 Å². The molecule has 68 valence electrons. The third kappa shape index (κ3) is 5.89. The molecule has 0 unspecified atom stereocenters. The molecule has 1 rings (SSSR count). The summed E-state index contributed by atoms with van der Waals surface area (Å²) in [7, 11) is 0. The van der Waals surface area contributed by atoms with Crippen LogP contribution in [0.3, 0.4) is 0 Å². The van der Waals surface area contributed by atoms with Crippen LogP contribution in [0.5, 0.6) is 0 Å². The number of carbonyl (C=O) groups excluding carboxylic acids is 1. The molecule has 0 saturated carbocycles. The Hall–Kier alpha value is -0.530. The van der Waals surface area contributed by atoms with Gasteiger partial charge in [-0.3, -0.25) is 4.79 Å². The molecule has 2 nitrogen and oxygen atoms in total. The Morgan fingerprint density at radius 2 is 1.73 bits per heavy atom. The fraction of sp³-hybridized carbons (Fsp3) is 0.889. The normalized spacial score (nSPS) is 20.5. The molecule has 1 amide bonds. The molecule has 1 N–H and O–H groups in total. The topological polar surface area (TPSA) is 29.1 Å². The highest BCUT2D eigenvalue weighted by Gasteiger charge is 2.17. The maximum atomic E-state index is 10.5. The van der Waals surface area contributed by atoms with E-state index in [1.54, 1.807) is 0 Å². The van der Waals surface area contributed by atoms with Gasteiger partial charge in [0.05, 0.1) is 0 Å². The molecular formula is C9H21NO. The highest BCUT2D eigenvalue weighted by atomic mass is 16.2. The molecule has 0 spiro atoms. The Morgan fingerprint density at radius 3 is 1.82 bits per heavy atom. The maximum Gasteiger partial charge on any atom is 0.222 e. The third-order valence-electron chi connectivity index (χ3n) is 1.32. The van der Waals surface area contributed by atoms with Gasteiger partial charge >= 0.3 is 0 Å². The number of amides is 1. The second kappa shape index (κ2) is 9.47. The van der Waals surface area contributed by atoms with E-state index in [9.17, 15) is 4.79 Å². The minimum absolute atomic E-state index is 0.208. The first-order chi connectivity index (χ1) is 5.30. The van der Waals surface area contributed by atoms with E-state index in [0.717, 1.165) is 13.0 Å². The smallest absolute Gasteiger partial charge is 0.222 e. The number of hydrogen-bond donors (Lipinski definition) is 1. The molecule has 1 aliphatic heterocycles. The molecule has 0 bridgehead atoms. The van der Waals surface area contributed by atoms with Crippen LogP contribution >= 0.6 is 0 Å². The van der Waals surface area contributed by atoms with Gasteiger partial charge in [0.1, 0.15) is 0 Å². The van der Waals surface area contributed by atoms with Gasteiger partial charge in [-0.15, -0.1) is 0 Å². The average Bonchev–Trinajstić information content (AvgIpc) is 2.44. The van der Waals surface area contributed by atoms with Gasteiger partial charge < -0.3 is 5.32 Å². The van der Waals surface area contributed by atoms with Crippen molar-refractivity contribution in [3.05, 3.63) is 0 Å². The SMILES string of the molecule is CC.CC.C[C@H]1CCNC1=O. The predicted octanol–water partition coefficient (Wildman–Crippen LogP) is 2.19. The summed E-state index contributed by atoms with van der Waals surface area (Å²) in [6.45, 7) is 10.8. The average molecular weight is 159 g/mol. The van der Waals surface area contributed by atoms with Gasteiger partial charge in [-0.25, -0.2) is 0 Å². The molecule has 0 radical (unpaired) electrons. The van der Waals surface area contributed by atoms with Crippen molar-refractivity contribution in [3.63, 3.8) is 0 Å². The molecule has 0 aromatic heterocycles. The Balaban J connectivity index is 0. The molecule has 1 saturated heterocycles. The molecule has 0 aliphatic carbocycles.